The first-order chi connectivity index (χ1) is 16.8. The molecule has 10 heteroatoms. The van der Waals surface area contributed by atoms with Crippen LogP contribution in [0.15, 0.2) is 12.1 Å². The molecule has 1 saturated heterocycles. The van der Waals surface area contributed by atoms with Crippen molar-refractivity contribution in [3.05, 3.63) is 46.2 Å². The van der Waals surface area contributed by atoms with Crippen LogP contribution in [0.2, 0.25) is 0 Å². The van der Waals surface area contributed by atoms with Crippen LogP contribution in [0, 0.1) is 19.8 Å². The molecule has 0 saturated carbocycles. The average molecular weight is 480 g/mol. The predicted molar refractivity (Wildman–Crippen MR) is 129 cm³/mol. The van der Waals surface area contributed by atoms with Crippen molar-refractivity contribution in [2.45, 2.75) is 53.6 Å². The summed E-state index contributed by atoms with van der Waals surface area (Å²) < 4.78 is 9.11. The molecule has 0 aromatic carbocycles. The SMILES string of the molecule is Cc1cc(C)n2nc(C(=O)N3CCc4c(c(C(=O)N5CCOCC5)nn4CCC(C)C)C3)cc2n1. The van der Waals surface area contributed by atoms with Gasteiger partial charge < -0.3 is 14.5 Å². The smallest absolute Gasteiger partial charge is 0.274 e. The topological polar surface area (TPSA) is 97.9 Å². The Hall–Kier alpha value is -3.27. The molecule has 10 nitrogen and oxygen atoms in total. The van der Waals surface area contributed by atoms with Crippen molar-refractivity contribution < 1.29 is 14.3 Å². The summed E-state index contributed by atoms with van der Waals surface area (Å²) in [6.07, 6.45) is 1.64. The maximum atomic E-state index is 13.5. The Morgan fingerprint density at radius 2 is 1.80 bits per heavy atom. The van der Waals surface area contributed by atoms with Crippen LogP contribution in [-0.4, -0.2) is 78.8 Å². The van der Waals surface area contributed by atoms with Crippen LogP contribution < -0.4 is 0 Å². The monoisotopic (exact) mass is 479 g/mol. The Bertz CT molecular complexity index is 1270. The minimum atomic E-state index is -0.155. The second-order valence-electron chi connectivity index (χ2n) is 9.90. The summed E-state index contributed by atoms with van der Waals surface area (Å²) in [5, 5.41) is 9.30. The second kappa shape index (κ2) is 9.41. The van der Waals surface area contributed by atoms with Gasteiger partial charge >= 0.3 is 0 Å². The number of amides is 2. The van der Waals surface area contributed by atoms with Crippen molar-refractivity contribution in [3.63, 3.8) is 0 Å². The number of aromatic nitrogens is 5. The van der Waals surface area contributed by atoms with Crippen LogP contribution in [-0.2, 0) is 24.2 Å². The van der Waals surface area contributed by atoms with Gasteiger partial charge in [-0.1, -0.05) is 13.8 Å². The minimum absolute atomic E-state index is 0.0785. The van der Waals surface area contributed by atoms with Gasteiger partial charge in [0.05, 0.1) is 19.8 Å². The Morgan fingerprint density at radius 1 is 1.03 bits per heavy atom. The van der Waals surface area contributed by atoms with E-state index in [0.717, 1.165) is 35.6 Å². The van der Waals surface area contributed by atoms with Gasteiger partial charge in [0, 0.05) is 61.3 Å². The van der Waals surface area contributed by atoms with Crippen LogP contribution in [0.4, 0.5) is 0 Å². The largest absolute Gasteiger partial charge is 0.378 e. The van der Waals surface area contributed by atoms with E-state index in [2.05, 4.69) is 23.9 Å². The van der Waals surface area contributed by atoms with Crippen LogP contribution in [0.5, 0.6) is 0 Å². The molecule has 0 bridgehead atoms. The number of morpholine rings is 1. The highest BCUT2D eigenvalue weighted by molar-refractivity contribution is 5.96. The summed E-state index contributed by atoms with van der Waals surface area (Å²) in [5.74, 6) is 0.300. The van der Waals surface area contributed by atoms with E-state index in [4.69, 9.17) is 9.84 Å². The van der Waals surface area contributed by atoms with E-state index in [9.17, 15) is 9.59 Å². The van der Waals surface area contributed by atoms with Crippen molar-refractivity contribution in [2.75, 3.05) is 32.8 Å². The Morgan fingerprint density at radius 3 is 2.54 bits per heavy atom. The number of carbonyl (C=O) groups is 2. The Balaban J connectivity index is 1.45. The summed E-state index contributed by atoms with van der Waals surface area (Å²) in [6.45, 7) is 12.1. The fraction of sp³-hybridized carbons (Fsp3) is 0.560. The van der Waals surface area contributed by atoms with E-state index < -0.39 is 0 Å². The maximum Gasteiger partial charge on any atom is 0.274 e. The molecule has 186 valence electrons. The molecule has 0 spiro atoms. The number of nitrogens with zero attached hydrogens (tertiary/aromatic N) is 7. The molecule has 2 amide bonds. The fourth-order valence-electron chi connectivity index (χ4n) is 4.87. The Labute approximate surface area is 204 Å². The zero-order chi connectivity index (χ0) is 24.7. The highest BCUT2D eigenvalue weighted by atomic mass is 16.5. The van der Waals surface area contributed by atoms with E-state index in [-0.39, 0.29) is 11.8 Å². The molecule has 5 rings (SSSR count). The summed E-state index contributed by atoms with van der Waals surface area (Å²) in [7, 11) is 0. The van der Waals surface area contributed by atoms with Gasteiger partial charge in [0.25, 0.3) is 11.8 Å². The second-order valence-corrected chi connectivity index (χ2v) is 9.90. The molecule has 0 N–H and O–H groups in total. The van der Waals surface area contributed by atoms with Gasteiger partial charge in [-0.25, -0.2) is 9.50 Å². The van der Waals surface area contributed by atoms with Crippen LogP contribution in [0.25, 0.3) is 5.65 Å². The lowest BCUT2D eigenvalue weighted by atomic mass is 10.0. The molecule has 3 aromatic heterocycles. The number of hydrogen-bond donors (Lipinski definition) is 0. The van der Waals surface area contributed by atoms with E-state index in [1.54, 1.807) is 20.4 Å². The van der Waals surface area contributed by atoms with Crippen molar-refractivity contribution in [3.8, 4) is 0 Å². The van der Waals surface area contributed by atoms with Gasteiger partial charge in [-0.2, -0.15) is 10.2 Å². The molecule has 0 radical (unpaired) electrons. The first-order valence-corrected chi connectivity index (χ1v) is 12.4. The summed E-state index contributed by atoms with van der Waals surface area (Å²) in [4.78, 5) is 35.0. The lowest BCUT2D eigenvalue weighted by Crippen LogP contribution is -2.42. The third kappa shape index (κ3) is 4.54. The van der Waals surface area contributed by atoms with E-state index in [1.165, 1.54) is 0 Å². The normalized spacial score (nSPS) is 16.3. The number of ether oxygens (including phenoxy) is 1. The average Bonchev–Trinajstić information content (AvgIpc) is 3.44. The third-order valence-corrected chi connectivity index (χ3v) is 6.79. The van der Waals surface area contributed by atoms with Crippen LogP contribution in [0.3, 0.4) is 0 Å². The molecule has 2 aliphatic rings. The van der Waals surface area contributed by atoms with Gasteiger partial charge in [-0.15, -0.1) is 0 Å². The van der Waals surface area contributed by atoms with Gasteiger partial charge in [0.1, 0.15) is 0 Å². The molecule has 0 atom stereocenters. The summed E-state index contributed by atoms with van der Waals surface area (Å²) in [6, 6.07) is 3.68. The summed E-state index contributed by atoms with van der Waals surface area (Å²) >= 11 is 0. The highest BCUT2D eigenvalue weighted by Crippen LogP contribution is 2.26. The van der Waals surface area contributed by atoms with Gasteiger partial charge in [-0.05, 0) is 32.3 Å². The highest BCUT2D eigenvalue weighted by Gasteiger charge is 2.33. The molecule has 0 unspecified atom stereocenters. The van der Waals surface area contributed by atoms with E-state index in [0.29, 0.717) is 68.8 Å². The standard InChI is InChI=1S/C25H33N7O3/c1-16(2)5-8-31-21-6-7-30(15-19(21)23(28-31)25(34)29-9-11-35-12-10-29)24(33)20-14-22-26-17(3)13-18(4)32(22)27-20/h13-14,16H,5-12,15H2,1-4H3. The molecule has 2 aliphatic heterocycles. The van der Waals surface area contributed by atoms with Crippen molar-refractivity contribution >= 4 is 17.5 Å². The zero-order valence-corrected chi connectivity index (χ0v) is 21.0. The zero-order valence-electron chi connectivity index (χ0n) is 21.0. The number of carbonyl (C=O) groups excluding carboxylic acids is 2. The predicted octanol–water partition coefficient (Wildman–Crippen LogP) is 2.26. The molecule has 0 aliphatic carbocycles. The Kier molecular flexibility index (Phi) is 6.31. The van der Waals surface area contributed by atoms with Gasteiger partial charge in [-0.3, -0.25) is 14.3 Å². The van der Waals surface area contributed by atoms with Crippen LogP contribution >= 0.6 is 0 Å². The van der Waals surface area contributed by atoms with Crippen molar-refractivity contribution in [1.82, 2.24) is 34.2 Å². The van der Waals surface area contributed by atoms with Crippen molar-refractivity contribution in [2.24, 2.45) is 5.92 Å². The molecule has 35 heavy (non-hydrogen) atoms. The number of rotatable bonds is 5. The van der Waals surface area contributed by atoms with Gasteiger partial charge in [0.15, 0.2) is 17.0 Å². The molecular formula is C25H33N7O3. The molecule has 3 aromatic rings. The first-order valence-electron chi connectivity index (χ1n) is 12.4. The van der Waals surface area contributed by atoms with E-state index >= 15 is 0 Å². The number of aryl methyl sites for hydroxylation is 3. The number of fused-ring (bicyclic) bond motifs is 2. The molecular weight excluding hydrogens is 446 g/mol. The van der Waals surface area contributed by atoms with Crippen LogP contribution in [0.1, 0.15) is 63.9 Å². The lowest BCUT2D eigenvalue weighted by Gasteiger charge is -2.29. The number of hydrogen-bond acceptors (Lipinski definition) is 6. The lowest BCUT2D eigenvalue weighted by molar-refractivity contribution is 0.0296. The van der Waals surface area contributed by atoms with Gasteiger partial charge in [0.2, 0.25) is 0 Å². The summed E-state index contributed by atoms with van der Waals surface area (Å²) in [5.41, 5.74) is 5.23. The maximum absolute atomic E-state index is 13.5. The molecule has 5 heterocycles. The first kappa shape index (κ1) is 23.5. The van der Waals surface area contributed by atoms with E-state index in [1.807, 2.05) is 24.6 Å². The minimum Gasteiger partial charge on any atom is -0.378 e. The quantitative estimate of drug-likeness (QED) is 0.557. The third-order valence-electron chi connectivity index (χ3n) is 6.79. The van der Waals surface area contributed by atoms with Crippen molar-refractivity contribution in [1.29, 1.82) is 0 Å². The fourth-order valence-corrected chi connectivity index (χ4v) is 4.87. The molecule has 1 fully saturated rings.